The quantitative estimate of drug-likeness (QED) is 0.802. The number of carbonyl (C=O) groups is 1. The van der Waals surface area contributed by atoms with Gasteiger partial charge < -0.3 is 4.74 Å². The summed E-state index contributed by atoms with van der Waals surface area (Å²) in [5.74, 6) is 0.0100. The first-order valence-electron chi connectivity index (χ1n) is 5.44. The molecule has 0 unspecified atom stereocenters. The van der Waals surface area contributed by atoms with E-state index in [1.165, 1.54) is 7.11 Å². The van der Waals surface area contributed by atoms with E-state index in [1.807, 2.05) is 31.2 Å². The Hall–Kier alpha value is -1.81. The highest BCUT2D eigenvalue weighted by Gasteiger charge is 2.10. The standard InChI is InChI=1S/C13H14N2O2/c1-9-11-5-3-4-6-12(11)13(15-14-9)7-10(16)8-17-2/h3-6H,7-8H2,1-2H3. The van der Waals surface area contributed by atoms with Crippen LogP contribution in [0.4, 0.5) is 0 Å². The topological polar surface area (TPSA) is 52.1 Å². The predicted octanol–water partition coefficient (Wildman–Crippen LogP) is 1.70. The van der Waals surface area contributed by atoms with E-state index in [2.05, 4.69) is 10.2 Å². The van der Waals surface area contributed by atoms with Gasteiger partial charge in [-0.15, -0.1) is 0 Å². The fourth-order valence-electron chi connectivity index (χ4n) is 1.82. The summed E-state index contributed by atoms with van der Waals surface area (Å²) in [5.41, 5.74) is 1.59. The van der Waals surface area contributed by atoms with Crippen molar-refractivity contribution in [1.82, 2.24) is 10.2 Å². The molecule has 1 heterocycles. The third-order valence-electron chi connectivity index (χ3n) is 2.62. The molecule has 0 aliphatic rings. The van der Waals surface area contributed by atoms with Crippen molar-refractivity contribution < 1.29 is 9.53 Å². The van der Waals surface area contributed by atoms with Gasteiger partial charge in [0.15, 0.2) is 5.78 Å². The molecule has 2 rings (SSSR count). The van der Waals surface area contributed by atoms with E-state index < -0.39 is 0 Å². The molecule has 0 saturated heterocycles. The van der Waals surface area contributed by atoms with Gasteiger partial charge in [0.05, 0.1) is 17.8 Å². The van der Waals surface area contributed by atoms with Gasteiger partial charge >= 0.3 is 0 Å². The Morgan fingerprint density at radius 3 is 2.65 bits per heavy atom. The number of carbonyl (C=O) groups excluding carboxylic acids is 1. The van der Waals surface area contributed by atoms with E-state index in [0.717, 1.165) is 16.5 Å². The second-order valence-electron chi connectivity index (χ2n) is 3.93. The molecule has 0 spiro atoms. The summed E-state index contributed by atoms with van der Waals surface area (Å²) >= 11 is 0. The molecule has 0 amide bonds. The number of hydrogen-bond donors (Lipinski definition) is 0. The lowest BCUT2D eigenvalue weighted by atomic mass is 10.1. The third-order valence-corrected chi connectivity index (χ3v) is 2.62. The zero-order valence-electron chi connectivity index (χ0n) is 9.93. The first-order chi connectivity index (χ1) is 8.22. The number of aryl methyl sites for hydroxylation is 1. The summed E-state index contributed by atoms with van der Waals surface area (Å²) < 4.78 is 4.81. The number of aromatic nitrogens is 2. The predicted molar refractivity (Wildman–Crippen MR) is 64.9 cm³/mol. The number of nitrogens with zero attached hydrogens (tertiary/aromatic N) is 2. The molecule has 0 aliphatic heterocycles. The van der Waals surface area contributed by atoms with E-state index in [1.54, 1.807) is 0 Å². The van der Waals surface area contributed by atoms with Crippen molar-refractivity contribution in [2.75, 3.05) is 13.7 Å². The maximum absolute atomic E-state index is 11.5. The van der Waals surface area contributed by atoms with Crippen molar-refractivity contribution in [2.45, 2.75) is 13.3 Å². The summed E-state index contributed by atoms with van der Waals surface area (Å²) in [6.45, 7) is 2.03. The summed E-state index contributed by atoms with van der Waals surface area (Å²) in [6.07, 6.45) is 0.266. The smallest absolute Gasteiger partial charge is 0.164 e. The van der Waals surface area contributed by atoms with Gasteiger partial charge in [0.1, 0.15) is 6.61 Å². The Morgan fingerprint density at radius 2 is 1.94 bits per heavy atom. The molecule has 0 radical (unpaired) electrons. The van der Waals surface area contributed by atoms with Crippen LogP contribution in [0.3, 0.4) is 0 Å². The van der Waals surface area contributed by atoms with Gasteiger partial charge in [0, 0.05) is 17.9 Å². The zero-order valence-corrected chi connectivity index (χ0v) is 9.93. The molecule has 0 N–H and O–H groups in total. The molecule has 0 fully saturated rings. The number of ketones is 1. The second kappa shape index (κ2) is 5.01. The Morgan fingerprint density at radius 1 is 1.24 bits per heavy atom. The second-order valence-corrected chi connectivity index (χ2v) is 3.93. The van der Waals surface area contributed by atoms with Crippen LogP contribution in [-0.2, 0) is 16.0 Å². The monoisotopic (exact) mass is 230 g/mol. The SMILES string of the molecule is COCC(=O)Cc1nnc(C)c2ccccc12. The van der Waals surface area contributed by atoms with Gasteiger partial charge in [-0.25, -0.2) is 0 Å². The minimum absolute atomic E-state index is 0.0100. The Balaban J connectivity index is 2.41. The van der Waals surface area contributed by atoms with Crippen LogP contribution in [0.1, 0.15) is 11.4 Å². The van der Waals surface area contributed by atoms with E-state index in [-0.39, 0.29) is 18.8 Å². The lowest BCUT2D eigenvalue weighted by Crippen LogP contribution is -2.12. The van der Waals surface area contributed by atoms with Crippen molar-refractivity contribution in [2.24, 2.45) is 0 Å². The third kappa shape index (κ3) is 2.47. The highest BCUT2D eigenvalue weighted by Crippen LogP contribution is 2.18. The van der Waals surface area contributed by atoms with Crippen LogP contribution in [0.5, 0.6) is 0 Å². The zero-order chi connectivity index (χ0) is 12.3. The number of ether oxygens (including phenoxy) is 1. The van der Waals surface area contributed by atoms with Crippen LogP contribution >= 0.6 is 0 Å². The molecular formula is C13H14N2O2. The Kier molecular flexibility index (Phi) is 3.44. The van der Waals surface area contributed by atoms with Crippen LogP contribution in [0.2, 0.25) is 0 Å². The van der Waals surface area contributed by atoms with Crippen LogP contribution in [0, 0.1) is 6.92 Å². The van der Waals surface area contributed by atoms with Gasteiger partial charge in [-0.05, 0) is 6.92 Å². The molecule has 4 heteroatoms. The van der Waals surface area contributed by atoms with Crippen molar-refractivity contribution in [3.8, 4) is 0 Å². The highest BCUT2D eigenvalue weighted by molar-refractivity contribution is 5.90. The summed E-state index contributed by atoms with van der Waals surface area (Å²) in [6, 6.07) is 7.85. The molecule has 88 valence electrons. The van der Waals surface area contributed by atoms with E-state index >= 15 is 0 Å². The van der Waals surface area contributed by atoms with Gasteiger partial charge in [-0.3, -0.25) is 4.79 Å². The molecule has 1 aromatic carbocycles. The molecule has 0 saturated carbocycles. The first kappa shape index (κ1) is 11.7. The molecule has 2 aromatic rings. The number of Topliss-reactive ketones (excluding diaryl/α,β-unsaturated/α-hetero) is 1. The molecule has 17 heavy (non-hydrogen) atoms. The largest absolute Gasteiger partial charge is 0.377 e. The fourth-order valence-corrected chi connectivity index (χ4v) is 1.82. The number of hydrogen-bond acceptors (Lipinski definition) is 4. The molecular weight excluding hydrogens is 216 g/mol. The van der Waals surface area contributed by atoms with E-state index in [4.69, 9.17) is 4.74 Å². The first-order valence-corrected chi connectivity index (χ1v) is 5.44. The van der Waals surface area contributed by atoms with Gasteiger partial charge in [-0.1, -0.05) is 24.3 Å². The average molecular weight is 230 g/mol. The maximum Gasteiger partial charge on any atom is 0.164 e. The van der Waals surface area contributed by atoms with Gasteiger partial charge in [0.2, 0.25) is 0 Å². The van der Waals surface area contributed by atoms with Crippen molar-refractivity contribution in [3.63, 3.8) is 0 Å². The normalized spacial score (nSPS) is 10.7. The summed E-state index contributed by atoms with van der Waals surface area (Å²) in [4.78, 5) is 11.5. The fraction of sp³-hybridized carbons (Fsp3) is 0.308. The van der Waals surface area contributed by atoms with E-state index in [9.17, 15) is 4.79 Å². The Labute approximate surface area is 99.6 Å². The van der Waals surface area contributed by atoms with Crippen molar-refractivity contribution in [3.05, 3.63) is 35.7 Å². The average Bonchev–Trinajstić information content (AvgIpc) is 2.34. The molecule has 0 bridgehead atoms. The molecule has 0 aliphatic carbocycles. The lowest BCUT2D eigenvalue weighted by Gasteiger charge is -2.05. The minimum atomic E-state index is 0.0100. The van der Waals surface area contributed by atoms with Crippen molar-refractivity contribution >= 4 is 16.6 Å². The minimum Gasteiger partial charge on any atom is -0.377 e. The molecule has 4 nitrogen and oxygen atoms in total. The number of benzene rings is 1. The molecule has 1 aromatic heterocycles. The summed E-state index contributed by atoms with van der Waals surface area (Å²) in [5, 5.41) is 10.2. The Bertz CT molecular complexity index is 552. The van der Waals surface area contributed by atoms with E-state index in [0.29, 0.717) is 5.69 Å². The van der Waals surface area contributed by atoms with Crippen molar-refractivity contribution in [1.29, 1.82) is 0 Å². The van der Waals surface area contributed by atoms with Gasteiger partial charge in [-0.2, -0.15) is 10.2 Å². The van der Waals surface area contributed by atoms with Crippen LogP contribution in [0.25, 0.3) is 10.8 Å². The van der Waals surface area contributed by atoms with Crippen LogP contribution in [-0.4, -0.2) is 29.7 Å². The number of rotatable bonds is 4. The molecule has 0 atom stereocenters. The number of methoxy groups -OCH3 is 1. The van der Waals surface area contributed by atoms with Crippen LogP contribution < -0.4 is 0 Å². The maximum atomic E-state index is 11.5. The lowest BCUT2D eigenvalue weighted by molar-refractivity contribution is -0.122. The highest BCUT2D eigenvalue weighted by atomic mass is 16.5. The summed E-state index contributed by atoms with van der Waals surface area (Å²) in [7, 11) is 1.51. The van der Waals surface area contributed by atoms with Crippen LogP contribution in [0.15, 0.2) is 24.3 Å². The number of fused-ring (bicyclic) bond motifs is 1. The van der Waals surface area contributed by atoms with Gasteiger partial charge in [0.25, 0.3) is 0 Å².